The second kappa shape index (κ2) is 5.66. The van der Waals surface area contributed by atoms with E-state index in [0.717, 1.165) is 36.5 Å². The summed E-state index contributed by atoms with van der Waals surface area (Å²) in [6.45, 7) is 2.31. The maximum Gasteiger partial charge on any atom is 0.261 e. The van der Waals surface area contributed by atoms with Crippen molar-refractivity contribution in [3.8, 4) is 0 Å². The topological polar surface area (TPSA) is 29.1 Å². The number of amides is 1. The average Bonchev–Trinajstić information content (AvgIpc) is 2.83. The van der Waals surface area contributed by atoms with Gasteiger partial charge >= 0.3 is 0 Å². The van der Waals surface area contributed by atoms with E-state index < -0.39 is 0 Å². The Labute approximate surface area is 119 Å². The zero-order chi connectivity index (χ0) is 13.2. The van der Waals surface area contributed by atoms with Crippen LogP contribution in [0.2, 0.25) is 0 Å². The highest BCUT2D eigenvalue weighted by atomic mass is 32.1. The smallest absolute Gasteiger partial charge is 0.261 e. The Hall–Kier alpha value is -0.830. The summed E-state index contributed by atoms with van der Waals surface area (Å²) in [6, 6.07) is 2.56. The molecule has 1 N–H and O–H groups in total. The molecule has 2 aliphatic carbocycles. The Balaban J connectivity index is 1.66. The van der Waals surface area contributed by atoms with Crippen molar-refractivity contribution in [2.45, 2.75) is 64.3 Å². The third-order valence-corrected chi connectivity index (χ3v) is 5.73. The van der Waals surface area contributed by atoms with Gasteiger partial charge in [-0.1, -0.05) is 26.2 Å². The molecule has 0 saturated heterocycles. The highest BCUT2D eigenvalue weighted by Gasteiger charge is 2.22. The van der Waals surface area contributed by atoms with E-state index in [-0.39, 0.29) is 5.91 Å². The highest BCUT2D eigenvalue weighted by Crippen LogP contribution is 2.32. The zero-order valence-electron chi connectivity index (χ0n) is 11.7. The van der Waals surface area contributed by atoms with E-state index in [0.29, 0.717) is 6.04 Å². The third kappa shape index (κ3) is 3.02. The first-order chi connectivity index (χ1) is 9.22. The Kier molecular flexibility index (Phi) is 3.92. The van der Waals surface area contributed by atoms with E-state index in [2.05, 4.69) is 18.3 Å². The number of carbonyl (C=O) groups excluding carboxylic acids is 1. The maximum atomic E-state index is 12.3. The van der Waals surface area contributed by atoms with Crippen LogP contribution in [0.5, 0.6) is 0 Å². The molecule has 2 aliphatic rings. The van der Waals surface area contributed by atoms with Crippen LogP contribution < -0.4 is 5.32 Å². The van der Waals surface area contributed by atoms with Crippen molar-refractivity contribution in [3.05, 3.63) is 21.4 Å². The van der Waals surface area contributed by atoms with E-state index in [1.165, 1.54) is 36.1 Å². The summed E-state index contributed by atoms with van der Waals surface area (Å²) in [5.74, 6) is 0.940. The van der Waals surface area contributed by atoms with E-state index in [4.69, 9.17) is 0 Å². The molecule has 2 nitrogen and oxygen atoms in total. The summed E-state index contributed by atoms with van der Waals surface area (Å²) >= 11 is 1.72. The Morgan fingerprint density at radius 2 is 2.05 bits per heavy atom. The minimum Gasteiger partial charge on any atom is -0.349 e. The van der Waals surface area contributed by atoms with Crippen LogP contribution in [-0.2, 0) is 12.8 Å². The molecule has 0 radical (unpaired) electrons. The summed E-state index contributed by atoms with van der Waals surface area (Å²) < 4.78 is 0. The van der Waals surface area contributed by atoms with Crippen molar-refractivity contribution in [1.29, 1.82) is 0 Å². The highest BCUT2D eigenvalue weighted by molar-refractivity contribution is 7.14. The predicted molar refractivity (Wildman–Crippen MR) is 79.8 cm³/mol. The van der Waals surface area contributed by atoms with Crippen LogP contribution in [0.3, 0.4) is 0 Å². The number of rotatable bonds is 2. The van der Waals surface area contributed by atoms with Crippen LogP contribution in [0.4, 0.5) is 0 Å². The molecule has 1 saturated carbocycles. The Morgan fingerprint density at radius 1 is 1.26 bits per heavy atom. The minimum absolute atomic E-state index is 0.166. The second-order valence-corrected chi connectivity index (χ2v) is 7.35. The molecular weight excluding hydrogens is 254 g/mol. The van der Waals surface area contributed by atoms with Crippen molar-refractivity contribution in [3.63, 3.8) is 0 Å². The molecule has 3 rings (SSSR count). The first-order valence-electron chi connectivity index (χ1n) is 7.65. The van der Waals surface area contributed by atoms with Crippen LogP contribution in [-0.4, -0.2) is 11.9 Å². The SMILES string of the molecule is C[C@H]1CCc2sc(C(=O)NC3CCCCC3)cc2C1. The van der Waals surface area contributed by atoms with Crippen molar-refractivity contribution in [1.82, 2.24) is 5.32 Å². The van der Waals surface area contributed by atoms with Gasteiger partial charge in [-0.3, -0.25) is 4.79 Å². The molecule has 1 aromatic rings. The molecule has 1 aromatic heterocycles. The number of hydrogen-bond donors (Lipinski definition) is 1. The molecule has 1 atom stereocenters. The van der Waals surface area contributed by atoms with Crippen LogP contribution in [0.15, 0.2) is 6.07 Å². The zero-order valence-corrected chi connectivity index (χ0v) is 12.5. The summed E-state index contributed by atoms with van der Waals surface area (Å²) in [4.78, 5) is 14.7. The first-order valence-corrected chi connectivity index (χ1v) is 8.46. The van der Waals surface area contributed by atoms with Gasteiger partial charge < -0.3 is 5.32 Å². The van der Waals surface area contributed by atoms with Crippen LogP contribution >= 0.6 is 11.3 Å². The minimum atomic E-state index is 0.166. The summed E-state index contributed by atoms with van der Waals surface area (Å²) in [7, 11) is 0. The fraction of sp³-hybridized carbons (Fsp3) is 0.688. The summed E-state index contributed by atoms with van der Waals surface area (Å²) in [5, 5.41) is 3.23. The number of carbonyl (C=O) groups is 1. The number of aryl methyl sites for hydroxylation is 1. The molecule has 0 spiro atoms. The Morgan fingerprint density at radius 3 is 2.84 bits per heavy atom. The number of fused-ring (bicyclic) bond motifs is 1. The van der Waals surface area contributed by atoms with Gasteiger partial charge in [0.2, 0.25) is 0 Å². The predicted octanol–water partition coefficient (Wildman–Crippen LogP) is 3.94. The van der Waals surface area contributed by atoms with Crippen LogP contribution in [0.1, 0.15) is 65.6 Å². The van der Waals surface area contributed by atoms with Gasteiger partial charge in [0.1, 0.15) is 0 Å². The molecule has 0 unspecified atom stereocenters. The summed E-state index contributed by atoms with van der Waals surface area (Å²) in [5.41, 5.74) is 1.43. The van der Waals surface area contributed by atoms with Gasteiger partial charge in [0.25, 0.3) is 5.91 Å². The van der Waals surface area contributed by atoms with Crippen LogP contribution in [0, 0.1) is 5.92 Å². The number of hydrogen-bond acceptors (Lipinski definition) is 2. The van der Waals surface area contributed by atoms with Crippen molar-refractivity contribution < 1.29 is 4.79 Å². The lowest BCUT2D eigenvalue weighted by molar-refractivity contribution is 0.0932. The standard InChI is InChI=1S/C16H23NOS/c1-11-7-8-14-12(9-11)10-15(19-14)16(18)17-13-5-3-2-4-6-13/h10-11,13H,2-9H2,1H3,(H,17,18)/t11-/m0/s1. The first kappa shape index (κ1) is 13.2. The van der Waals surface area contributed by atoms with Gasteiger partial charge in [-0.15, -0.1) is 11.3 Å². The molecule has 19 heavy (non-hydrogen) atoms. The molecule has 1 fully saturated rings. The fourth-order valence-electron chi connectivity index (χ4n) is 3.32. The van der Waals surface area contributed by atoms with Crippen molar-refractivity contribution in [2.75, 3.05) is 0 Å². The second-order valence-electron chi connectivity index (χ2n) is 6.22. The summed E-state index contributed by atoms with van der Waals surface area (Å²) in [6.07, 6.45) is 9.78. The molecule has 104 valence electrons. The van der Waals surface area contributed by atoms with E-state index in [9.17, 15) is 4.79 Å². The van der Waals surface area contributed by atoms with Gasteiger partial charge in [-0.2, -0.15) is 0 Å². The molecule has 3 heteroatoms. The van der Waals surface area contributed by atoms with Gasteiger partial charge in [-0.05, 0) is 49.7 Å². The monoisotopic (exact) mass is 277 g/mol. The maximum absolute atomic E-state index is 12.3. The lowest BCUT2D eigenvalue weighted by Crippen LogP contribution is -2.35. The van der Waals surface area contributed by atoms with E-state index >= 15 is 0 Å². The van der Waals surface area contributed by atoms with Gasteiger partial charge in [0.15, 0.2) is 0 Å². The van der Waals surface area contributed by atoms with E-state index in [1.54, 1.807) is 11.3 Å². The molecule has 0 bridgehead atoms. The van der Waals surface area contributed by atoms with Gasteiger partial charge in [0, 0.05) is 10.9 Å². The molecular formula is C16H23NOS. The average molecular weight is 277 g/mol. The molecule has 1 amide bonds. The van der Waals surface area contributed by atoms with Crippen molar-refractivity contribution >= 4 is 17.2 Å². The fourth-order valence-corrected chi connectivity index (χ4v) is 4.43. The molecule has 1 heterocycles. The largest absolute Gasteiger partial charge is 0.349 e. The lowest BCUT2D eigenvalue weighted by atomic mass is 9.90. The number of thiophene rings is 1. The van der Waals surface area contributed by atoms with Gasteiger partial charge in [-0.25, -0.2) is 0 Å². The third-order valence-electron chi connectivity index (χ3n) is 4.49. The van der Waals surface area contributed by atoms with Crippen LogP contribution in [0.25, 0.3) is 0 Å². The quantitative estimate of drug-likeness (QED) is 0.871. The van der Waals surface area contributed by atoms with Crippen molar-refractivity contribution in [2.24, 2.45) is 5.92 Å². The van der Waals surface area contributed by atoms with E-state index in [1.807, 2.05) is 0 Å². The number of nitrogens with one attached hydrogen (secondary N) is 1. The van der Waals surface area contributed by atoms with Gasteiger partial charge in [0.05, 0.1) is 4.88 Å². The Bertz CT molecular complexity index is 459. The molecule has 0 aliphatic heterocycles. The normalized spacial score (nSPS) is 23.9. The molecule has 0 aromatic carbocycles. The lowest BCUT2D eigenvalue weighted by Gasteiger charge is -2.22.